The molecule has 6 nitrogen and oxygen atoms in total. The van der Waals surface area contributed by atoms with Crippen LogP contribution in [0.4, 0.5) is 5.82 Å². The Bertz CT molecular complexity index is 544. The number of hydrogen-bond acceptors (Lipinski definition) is 5. The molecule has 1 aromatic heterocycles. The van der Waals surface area contributed by atoms with Gasteiger partial charge >= 0.3 is 0 Å². The van der Waals surface area contributed by atoms with Crippen molar-refractivity contribution in [2.24, 2.45) is 0 Å². The quantitative estimate of drug-likeness (QED) is 0.878. The topological polar surface area (TPSA) is 51.7 Å². The van der Waals surface area contributed by atoms with Crippen molar-refractivity contribution in [3.05, 3.63) is 24.4 Å². The SMILES string of the molecule is O=C(CN1CCN(c2ccccn2)CC1)N1C2CCNCC1CC2. The van der Waals surface area contributed by atoms with Crippen LogP contribution in [-0.4, -0.2) is 78.6 Å². The van der Waals surface area contributed by atoms with E-state index in [-0.39, 0.29) is 0 Å². The third kappa shape index (κ3) is 3.26. The van der Waals surface area contributed by atoms with Gasteiger partial charge in [0, 0.05) is 51.0 Å². The molecule has 0 aliphatic carbocycles. The highest BCUT2D eigenvalue weighted by molar-refractivity contribution is 5.79. The van der Waals surface area contributed by atoms with E-state index in [1.807, 2.05) is 18.3 Å². The van der Waals surface area contributed by atoms with Gasteiger partial charge in [0.2, 0.25) is 5.91 Å². The Morgan fingerprint density at radius 1 is 1.12 bits per heavy atom. The van der Waals surface area contributed by atoms with E-state index in [2.05, 4.69) is 31.1 Å². The molecule has 1 amide bonds. The molecule has 3 aliphatic heterocycles. The van der Waals surface area contributed by atoms with Gasteiger partial charge in [0.25, 0.3) is 0 Å². The second kappa shape index (κ2) is 7.07. The maximum absolute atomic E-state index is 12.9. The van der Waals surface area contributed by atoms with Gasteiger partial charge in [-0.05, 0) is 37.9 Å². The van der Waals surface area contributed by atoms with Gasteiger partial charge < -0.3 is 15.1 Å². The Kier molecular flexibility index (Phi) is 4.67. The number of carbonyl (C=O) groups is 1. The van der Waals surface area contributed by atoms with Crippen molar-refractivity contribution in [1.82, 2.24) is 20.1 Å². The molecule has 130 valence electrons. The van der Waals surface area contributed by atoms with E-state index in [1.54, 1.807) is 0 Å². The zero-order valence-corrected chi connectivity index (χ0v) is 14.2. The molecular weight excluding hydrogens is 302 g/mol. The van der Waals surface area contributed by atoms with Crippen LogP contribution in [-0.2, 0) is 4.79 Å². The van der Waals surface area contributed by atoms with Gasteiger partial charge in [-0.15, -0.1) is 0 Å². The first-order valence-corrected chi connectivity index (χ1v) is 9.21. The Morgan fingerprint density at radius 3 is 2.75 bits per heavy atom. The maximum atomic E-state index is 12.9. The highest BCUT2D eigenvalue weighted by Gasteiger charge is 2.38. The summed E-state index contributed by atoms with van der Waals surface area (Å²) in [4.78, 5) is 24.1. The molecule has 2 unspecified atom stereocenters. The lowest BCUT2D eigenvalue weighted by molar-refractivity contribution is -0.135. The summed E-state index contributed by atoms with van der Waals surface area (Å²) in [7, 11) is 0. The summed E-state index contributed by atoms with van der Waals surface area (Å²) in [6, 6.07) is 6.92. The standard InChI is InChI=1S/C18H27N5O/c24-18(23-15-4-5-16(23)13-19-8-6-15)14-21-9-11-22(12-10-21)17-3-1-2-7-20-17/h1-3,7,15-16,19H,4-6,8-14H2. The number of rotatable bonds is 3. The van der Waals surface area contributed by atoms with Gasteiger partial charge in [0.05, 0.1) is 6.54 Å². The number of anilines is 1. The van der Waals surface area contributed by atoms with Gasteiger partial charge in [-0.25, -0.2) is 4.98 Å². The first-order valence-electron chi connectivity index (χ1n) is 9.21. The van der Waals surface area contributed by atoms with Crippen molar-refractivity contribution in [2.45, 2.75) is 31.3 Å². The summed E-state index contributed by atoms with van der Waals surface area (Å²) in [5, 5.41) is 3.47. The van der Waals surface area contributed by atoms with E-state index in [1.165, 1.54) is 6.42 Å². The minimum Gasteiger partial charge on any atom is -0.354 e. The van der Waals surface area contributed by atoms with Crippen LogP contribution in [0, 0.1) is 0 Å². The van der Waals surface area contributed by atoms with E-state index in [9.17, 15) is 4.79 Å². The van der Waals surface area contributed by atoms with Crippen molar-refractivity contribution in [3.63, 3.8) is 0 Å². The van der Waals surface area contributed by atoms with Crippen LogP contribution in [0.15, 0.2) is 24.4 Å². The lowest BCUT2D eigenvalue weighted by Crippen LogP contribution is -2.52. The van der Waals surface area contributed by atoms with E-state index < -0.39 is 0 Å². The molecule has 3 aliphatic rings. The summed E-state index contributed by atoms with van der Waals surface area (Å²) in [5.74, 6) is 1.37. The minimum absolute atomic E-state index is 0.331. The Hall–Kier alpha value is -1.66. The number of pyridine rings is 1. The lowest BCUT2D eigenvalue weighted by atomic mass is 10.1. The minimum atomic E-state index is 0.331. The molecule has 2 atom stereocenters. The molecule has 6 heteroatoms. The third-order valence-corrected chi connectivity index (χ3v) is 5.65. The fourth-order valence-electron chi connectivity index (χ4n) is 4.34. The van der Waals surface area contributed by atoms with E-state index in [4.69, 9.17) is 0 Å². The molecule has 1 aromatic rings. The Morgan fingerprint density at radius 2 is 1.96 bits per heavy atom. The zero-order chi connectivity index (χ0) is 16.4. The average Bonchev–Trinajstić information content (AvgIpc) is 2.89. The van der Waals surface area contributed by atoms with Crippen LogP contribution < -0.4 is 10.2 Å². The fraction of sp³-hybridized carbons (Fsp3) is 0.667. The van der Waals surface area contributed by atoms with Crippen molar-refractivity contribution in [3.8, 4) is 0 Å². The van der Waals surface area contributed by atoms with Gasteiger partial charge in [-0.2, -0.15) is 0 Å². The predicted octanol–water partition coefficient (Wildman–Crippen LogP) is 0.557. The molecule has 24 heavy (non-hydrogen) atoms. The molecule has 3 saturated heterocycles. The molecule has 3 fully saturated rings. The maximum Gasteiger partial charge on any atom is 0.237 e. The van der Waals surface area contributed by atoms with Crippen LogP contribution >= 0.6 is 0 Å². The van der Waals surface area contributed by atoms with Gasteiger partial charge in [0.15, 0.2) is 0 Å². The molecular formula is C18H27N5O. The van der Waals surface area contributed by atoms with Crippen LogP contribution in [0.5, 0.6) is 0 Å². The normalized spacial score (nSPS) is 28.0. The zero-order valence-electron chi connectivity index (χ0n) is 14.2. The van der Waals surface area contributed by atoms with Crippen LogP contribution in [0.3, 0.4) is 0 Å². The van der Waals surface area contributed by atoms with Crippen LogP contribution in [0.1, 0.15) is 19.3 Å². The first kappa shape index (κ1) is 15.8. The Balaban J connectivity index is 1.31. The molecule has 4 rings (SSSR count). The number of fused-ring (bicyclic) bond motifs is 2. The van der Waals surface area contributed by atoms with Crippen molar-refractivity contribution < 1.29 is 4.79 Å². The van der Waals surface area contributed by atoms with Gasteiger partial charge in [0.1, 0.15) is 5.82 Å². The smallest absolute Gasteiger partial charge is 0.237 e. The molecule has 0 radical (unpaired) electrons. The highest BCUT2D eigenvalue weighted by atomic mass is 16.2. The lowest BCUT2D eigenvalue weighted by Gasteiger charge is -2.37. The van der Waals surface area contributed by atoms with Crippen molar-refractivity contribution in [1.29, 1.82) is 0 Å². The Labute approximate surface area is 143 Å². The summed E-state index contributed by atoms with van der Waals surface area (Å²) >= 11 is 0. The number of nitrogens with one attached hydrogen (secondary N) is 1. The predicted molar refractivity (Wildman–Crippen MR) is 94.0 cm³/mol. The number of amides is 1. The summed E-state index contributed by atoms with van der Waals surface area (Å²) in [5.41, 5.74) is 0. The second-order valence-electron chi connectivity index (χ2n) is 7.13. The highest BCUT2D eigenvalue weighted by Crippen LogP contribution is 2.28. The van der Waals surface area contributed by atoms with E-state index >= 15 is 0 Å². The third-order valence-electron chi connectivity index (χ3n) is 5.65. The molecule has 4 heterocycles. The molecule has 2 bridgehead atoms. The second-order valence-corrected chi connectivity index (χ2v) is 7.13. The monoisotopic (exact) mass is 329 g/mol. The van der Waals surface area contributed by atoms with Gasteiger partial charge in [-0.3, -0.25) is 9.69 Å². The number of piperazine rings is 1. The van der Waals surface area contributed by atoms with E-state index in [0.717, 1.165) is 57.9 Å². The molecule has 0 saturated carbocycles. The first-order chi connectivity index (χ1) is 11.8. The largest absolute Gasteiger partial charge is 0.354 e. The summed E-state index contributed by atoms with van der Waals surface area (Å²) < 4.78 is 0. The number of carbonyl (C=O) groups excluding carboxylic acids is 1. The molecule has 0 spiro atoms. The number of hydrogen-bond donors (Lipinski definition) is 1. The van der Waals surface area contributed by atoms with Crippen LogP contribution in [0.25, 0.3) is 0 Å². The fourth-order valence-corrected chi connectivity index (χ4v) is 4.34. The van der Waals surface area contributed by atoms with E-state index in [0.29, 0.717) is 24.5 Å². The summed E-state index contributed by atoms with van der Waals surface area (Å²) in [6.07, 6.45) is 5.30. The number of aromatic nitrogens is 1. The van der Waals surface area contributed by atoms with Crippen molar-refractivity contribution >= 4 is 11.7 Å². The molecule has 1 N–H and O–H groups in total. The number of nitrogens with zero attached hydrogens (tertiary/aromatic N) is 4. The molecule has 0 aromatic carbocycles. The summed E-state index contributed by atoms with van der Waals surface area (Å²) in [6.45, 7) is 6.34. The van der Waals surface area contributed by atoms with Crippen LogP contribution in [0.2, 0.25) is 0 Å². The average molecular weight is 329 g/mol. The van der Waals surface area contributed by atoms with Gasteiger partial charge in [-0.1, -0.05) is 6.07 Å². The van der Waals surface area contributed by atoms with Crippen molar-refractivity contribution in [2.75, 3.05) is 50.7 Å².